The van der Waals surface area contributed by atoms with Crippen molar-refractivity contribution in [2.45, 2.75) is 25.8 Å². The summed E-state index contributed by atoms with van der Waals surface area (Å²) in [5.41, 5.74) is 1.01. The Balaban J connectivity index is 1.60. The third-order valence-electron chi connectivity index (χ3n) is 4.00. The molecular weight excluding hydrogens is 296 g/mol. The Bertz CT molecular complexity index is 628. The molecule has 0 atom stereocenters. The normalized spacial score (nSPS) is 15.5. The van der Waals surface area contributed by atoms with E-state index in [-0.39, 0.29) is 0 Å². The van der Waals surface area contributed by atoms with Gasteiger partial charge in [0, 0.05) is 49.9 Å². The number of ether oxygens (including phenoxy) is 2. The average molecular weight is 318 g/mol. The number of piperidine rings is 1. The molecule has 0 amide bonds. The number of nitrogens with zero attached hydrogens (tertiary/aromatic N) is 3. The number of methoxy groups -OCH3 is 2. The maximum Gasteiger partial charge on any atom is 0.318 e. The quantitative estimate of drug-likeness (QED) is 0.908. The Labute approximate surface area is 135 Å². The zero-order valence-electron chi connectivity index (χ0n) is 13.7. The highest BCUT2D eigenvalue weighted by atomic mass is 16.5. The van der Waals surface area contributed by atoms with Gasteiger partial charge in [0.25, 0.3) is 0 Å². The van der Waals surface area contributed by atoms with Gasteiger partial charge in [-0.1, -0.05) is 5.10 Å². The van der Waals surface area contributed by atoms with Crippen molar-refractivity contribution in [1.82, 2.24) is 10.2 Å². The number of aryl methyl sites for hydroxylation is 1. The Morgan fingerprint density at radius 2 is 1.74 bits per heavy atom. The van der Waals surface area contributed by atoms with E-state index < -0.39 is 0 Å². The molecule has 1 aromatic carbocycles. The lowest BCUT2D eigenvalue weighted by atomic mass is 10.0. The van der Waals surface area contributed by atoms with Crippen molar-refractivity contribution in [1.29, 1.82) is 0 Å². The first-order valence-corrected chi connectivity index (χ1v) is 7.72. The smallest absolute Gasteiger partial charge is 0.318 e. The fourth-order valence-corrected chi connectivity index (χ4v) is 2.76. The first-order valence-electron chi connectivity index (χ1n) is 7.72. The largest absolute Gasteiger partial charge is 0.497 e. The van der Waals surface area contributed by atoms with Gasteiger partial charge < -0.3 is 24.1 Å². The van der Waals surface area contributed by atoms with Crippen LogP contribution in [0.25, 0.3) is 0 Å². The standard InChI is InChI=1S/C16H22N4O3/c1-11-18-19-16(23-11)20-6-4-12(5-7-20)17-13-8-14(21-2)10-15(9-13)22-3/h8-10,12,17H,4-7H2,1-3H3. The SMILES string of the molecule is COc1cc(NC2CCN(c3nnc(C)o3)CC2)cc(OC)c1. The van der Waals surface area contributed by atoms with Gasteiger partial charge in [0.05, 0.1) is 14.2 Å². The molecule has 1 saturated heterocycles. The summed E-state index contributed by atoms with van der Waals surface area (Å²) in [4.78, 5) is 2.13. The molecule has 23 heavy (non-hydrogen) atoms. The van der Waals surface area contributed by atoms with Crippen LogP contribution in [0.4, 0.5) is 11.7 Å². The molecule has 1 aromatic heterocycles. The van der Waals surface area contributed by atoms with Crippen LogP contribution in [0.3, 0.4) is 0 Å². The predicted octanol–water partition coefficient (Wildman–Crippen LogP) is 2.48. The van der Waals surface area contributed by atoms with Crippen molar-refractivity contribution >= 4 is 11.7 Å². The topological polar surface area (TPSA) is 72.7 Å². The van der Waals surface area contributed by atoms with Crippen molar-refractivity contribution in [2.75, 3.05) is 37.5 Å². The Morgan fingerprint density at radius 1 is 1.09 bits per heavy atom. The molecule has 7 nitrogen and oxygen atoms in total. The van der Waals surface area contributed by atoms with Gasteiger partial charge >= 0.3 is 6.01 Å². The summed E-state index contributed by atoms with van der Waals surface area (Å²) in [6.45, 7) is 3.59. The molecule has 124 valence electrons. The fourth-order valence-electron chi connectivity index (χ4n) is 2.76. The number of nitrogens with one attached hydrogen (secondary N) is 1. The lowest BCUT2D eigenvalue weighted by Crippen LogP contribution is -2.39. The molecule has 0 radical (unpaired) electrons. The molecule has 1 aliphatic rings. The summed E-state index contributed by atoms with van der Waals surface area (Å²) in [7, 11) is 3.31. The minimum absolute atomic E-state index is 0.395. The summed E-state index contributed by atoms with van der Waals surface area (Å²) in [5.74, 6) is 2.17. The molecule has 0 unspecified atom stereocenters. The number of anilines is 2. The monoisotopic (exact) mass is 318 g/mol. The highest BCUT2D eigenvalue weighted by molar-refractivity contribution is 5.54. The van der Waals surface area contributed by atoms with E-state index in [2.05, 4.69) is 20.4 Å². The van der Waals surface area contributed by atoms with Crippen LogP contribution in [-0.2, 0) is 0 Å². The van der Waals surface area contributed by atoms with Crippen molar-refractivity contribution in [3.05, 3.63) is 24.1 Å². The predicted molar refractivity (Wildman–Crippen MR) is 87.4 cm³/mol. The lowest BCUT2D eigenvalue weighted by molar-refractivity contribution is 0.394. The van der Waals surface area contributed by atoms with Gasteiger partial charge in [-0.15, -0.1) is 5.10 Å². The molecule has 1 aliphatic heterocycles. The summed E-state index contributed by atoms with van der Waals surface area (Å²) >= 11 is 0. The highest BCUT2D eigenvalue weighted by Crippen LogP contribution is 2.28. The van der Waals surface area contributed by atoms with Gasteiger partial charge in [0.2, 0.25) is 5.89 Å². The van der Waals surface area contributed by atoms with Crippen molar-refractivity contribution < 1.29 is 13.9 Å². The van der Waals surface area contributed by atoms with Crippen LogP contribution in [0.5, 0.6) is 11.5 Å². The van der Waals surface area contributed by atoms with Gasteiger partial charge in [-0.2, -0.15) is 0 Å². The van der Waals surface area contributed by atoms with Crippen LogP contribution < -0.4 is 19.7 Å². The van der Waals surface area contributed by atoms with Crippen LogP contribution in [-0.4, -0.2) is 43.5 Å². The van der Waals surface area contributed by atoms with Gasteiger partial charge in [0.15, 0.2) is 0 Å². The van der Waals surface area contributed by atoms with E-state index in [9.17, 15) is 0 Å². The van der Waals surface area contributed by atoms with E-state index in [4.69, 9.17) is 13.9 Å². The number of hydrogen-bond donors (Lipinski definition) is 1. The minimum Gasteiger partial charge on any atom is -0.497 e. The maximum absolute atomic E-state index is 5.49. The fraction of sp³-hybridized carbons (Fsp3) is 0.500. The Kier molecular flexibility index (Phi) is 4.55. The van der Waals surface area contributed by atoms with Gasteiger partial charge in [-0.25, -0.2) is 0 Å². The van der Waals surface area contributed by atoms with E-state index in [1.165, 1.54) is 0 Å². The first kappa shape index (κ1) is 15.5. The van der Waals surface area contributed by atoms with Crippen LogP contribution in [0, 0.1) is 6.92 Å². The molecule has 1 fully saturated rings. The van der Waals surface area contributed by atoms with Crippen molar-refractivity contribution in [3.8, 4) is 11.5 Å². The van der Waals surface area contributed by atoms with Gasteiger partial charge in [-0.05, 0) is 12.8 Å². The molecule has 0 aliphatic carbocycles. The summed E-state index contributed by atoms with van der Waals surface area (Å²) in [6.07, 6.45) is 2.00. The number of benzene rings is 1. The minimum atomic E-state index is 0.395. The molecule has 7 heteroatoms. The number of rotatable bonds is 5. The molecule has 2 aromatic rings. The summed E-state index contributed by atoms with van der Waals surface area (Å²) in [5, 5.41) is 11.5. The number of aromatic nitrogens is 2. The van der Waals surface area contributed by atoms with E-state index >= 15 is 0 Å². The van der Waals surface area contributed by atoms with Crippen LogP contribution >= 0.6 is 0 Å². The molecule has 1 N–H and O–H groups in total. The van der Waals surface area contributed by atoms with E-state index in [1.807, 2.05) is 18.2 Å². The molecule has 2 heterocycles. The van der Waals surface area contributed by atoms with Crippen molar-refractivity contribution in [3.63, 3.8) is 0 Å². The molecule has 0 bridgehead atoms. The zero-order valence-corrected chi connectivity index (χ0v) is 13.7. The molecule has 0 spiro atoms. The second-order valence-corrected chi connectivity index (χ2v) is 5.61. The molecule has 0 saturated carbocycles. The van der Waals surface area contributed by atoms with E-state index in [1.54, 1.807) is 21.1 Å². The summed E-state index contributed by atoms with van der Waals surface area (Å²) in [6, 6.07) is 6.84. The van der Waals surface area contributed by atoms with Crippen molar-refractivity contribution in [2.24, 2.45) is 0 Å². The Morgan fingerprint density at radius 3 is 2.26 bits per heavy atom. The van der Waals surface area contributed by atoms with Gasteiger partial charge in [0.1, 0.15) is 11.5 Å². The highest BCUT2D eigenvalue weighted by Gasteiger charge is 2.22. The van der Waals surface area contributed by atoms with E-state index in [0.29, 0.717) is 17.9 Å². The van der Waals surface area contributed by atoms with Crippen LogP contribution in [0.2, 0.25) is 0 Å². The lowest BCUT2D eigenvalue weighted by Gasteiger charge is -2.31. The second-order valence-electron chi connectivity index (χ2n) is 5.61. The summed E-state index contributed by atoms with van der Waals surface area (Å²) < 4.78 is 16.1. The van der Waals surface area contributed by atoms with Crippen LogP contribution in [0.15, 0.2) is 22.6 Å². The number of hydrogen-bond acceptors (Lipinski definition) is 7. The third kappa shape index (κ3) is 3.67. The van der Waals surface area contributed by atoms with Crippen LogP contribution in [0.1, 0.15) is 18.7 Å². The first-order chi connectivity index (χ1) is 11.2. The second kappa shape index (κ2) is 6.76. The molecule has 3 rings (SSSR count). The molecular formula is C16H22N4O3. The third-order valence-corrected chi connectivity index (χ3v) is 4.00. The zero-order chi connectivity index (χ0) is 16.2. The average Bonchev–Trinajstić information content (AvgIpc) is 3.01. The maximum atomic E-state index is 5.49. The van der Waals surface area contributed by atoms with E-state index in [0.717, 1.165) is 43.1 Å². The van der Waals surface area contributed by atoms with Gasteiger partial charge in [-0.3, -0.25) is 0 Å². The Hall–Kier alpha value is -2.44.